The van der Waals surface area contributed by atoms with Crippen LogP contribution in [0.15, 0.2) is 12.1 Å². The van der Waals surface area contributed by atoms with Crippen molar-refractivity contribution in [3.8, 4) is 0 Å². The van der Waals surface area contributed by atoms with Crippen LogP contribution in [0.2, 0.25) is 0 Å². The van der Waals surface area contributed by atoms with Crippen LogP contribution < -0.4 is 5.73 Å². The second-order valence-corrected chi connectivity index (χ2v) is 4.19. The maximum absolute atomic E-state index is 13.4. The number of aryl methyl sites for hydroxylation is 1. The van der Waals surface area contributed by atoms with Gasteiger partial charge in [-0.15, -0.1) is 0 Å². The van der Waals surface area contributed by atoms with Gasteiger partial charge < -0.3 is 20.9 Å². The molecule has 5 N–H and O–H groups in total. The SMILES string of the molecule is Cc1[nH]c2c(F)cc(F)cc2c1CCN.O=C(O)C(=O)O. The maximum Gasteiger partial charge on any atom is 0.414 e. The fraction of sp³-hybridized carbons (Fsp3) is 0.231. The van der Waals surface area contributed by atoms with Gasteiger partial charge in [-0.3, -0.25) is 0 Å². The number of hydrogen-bond acceptors (Lipinski definition) is 3. The number of benzene rings is 1. The van der Waals surface area contributed by atoms with E-state index in [0.717, 1.165) is 17.3 Å². The average molecular weight is 300 g/mol. The number of carbonyl (C=O) groups is 2. The molecule has 0 radical (unpaired) electrons. The van der Waals surface area contributed by atoms with E-state index in [1.165, 1.54) is 6.07 Å². The number of hydrogen-bond donors (Lipinski definition) is 4. The number of aliphatic carboxylic acids is 2. The summed E-state index contributed by atoms with van der Waals surface area (Å²) in [6.07, 6.45) is 0.620. The van der Waals surface area contributed by atoms with Crippen molar-refractivity contribution in [1.29, 1.82) is 0 Å². The van der Waals surface area contributed by atoms with Crippen molar-refractivity contribution in [2.45, 2.75) is 13.3 Å². The molecule has 0 atom stereocenters. The van der Waals surface area contributed by atoms with Gasteiger partial charge in [-0.25, -0.2) is 18.4 Å². The van der Waals surface area contributed by atoms with Crippen molar-refractivity contribution in [3.63, 3.8) is 0 Å². The first-order valence-corrected chi connectivity index (χ1v) is 5.90. The van der Waals surface area contributed by atoms with Gasteiger partial charge in [0.05, 0.1) is 5.52 Å². The number of halogens is 2. The number of rotatable bonds is 2. The molecule has 2 rings (SSSR count). The molecule has 2 aromatic rings. The summed E-state index contributed by atoms with van der Waals surface area (Å²) in [6, 6.07) is 2.22. The highest BCUT2D eigenvalue weighted by atomic mass is 19.1. The molecule has 0 aliphatic rings. The second kappa shape index (κ2) is 6.80. The minimum atomic E-state index is -1.82. The van der Waals surface area contributed by atoms with Gasteiger partial charge in [-0.05, 0) is 31.5 Å². The van der Waals surface area contributed by atoms with E-state index in [1.54, 1.807) is 0 Å². The molecule has 0 saturated heterocycles. The molecule has 0 saturated carbocycles. The molecule has 0 unspecified atom stereocenters. The van der Waals surface area contributed by atoms with Crippen LogP contribution in [-0.2, 0) is 16.0 Å². The Kier molecular flexibility index (Phi) is 5.37. The van der Waals surface area contributed by atoms with Crippen molar-refractivity contribution < 1.29 is 28.6 Å². The highest BCUT2D eigenvalue weighted by Crippen LogP contribution is 2.25. The number of carboxylic acids is 2. The molecule has 1 aromatic carbocycles. The number of nitrogens with two attached hydrogens (primary N) is 1. The third-order valence-corrected chi connectivity index (χ3v) is 2.72. The minimum absolute atomic E-state index is 0.359. The smallest absolute Gasteiger partial charge is 0.414 e. The monoisotopic (exact) mass is 300 g/mol. The van der Waals surface area contributed by atoms with E-state index in [1.807, 2.05) is 6.92 Å². The molecule has 1 aromatic heterocycles. The van der Waals surface area contributed by atoms with Crippen LogP contribution in [0.3, 0.4) is 0 Å². The van der Waals surface area contributed by atoms with Crippen LogP contribution in [0.25, 0.3) is 10.9 Å². The number of aromatic amines is 1. The molecule has 0 amide bonds. The first-order chi connectivity index (χ1) is 9.77. The van der Waals surface area contributed by atoms with Crippen LogP contribution in [0.1, 0.15) is 11.3 Å². The molecule has 1 heterocycles. The quantitative estimate of drug-likeness (QED) is 0.626. The van der Waals surface area contributed by atoms with Gasteiger partial charge in [0.25, 0.3) is 0 Å². The molecule has 6 nitrogen and oxygen atoms in total. The van der Waals surface area contributed by atoms with Crippen LogP contribution in [-0.4, -0.2) is 33.7 Å². The Balaban J connectivity index is 0.000000315. The molecule has 8 heteroatoms. The van der Waals surface area contributed by atoms with E-state index in [4.69, 9.17) is 25.5 Å². The lowest BCUT2D eigenvalue weighted by molar-refractivity contribution is -0.159. The van der Waals surface area contributed by atoms with Crippen LogP contribution >= 0.6 is 0 Å². The van der Waals surface area contributed by atoms with Gasteiger partial charge in [0.15, 0.2) is 0 Å². The second-order valence-electron chi connectivity index (χ2n) is 4.19. The molecule has 0 fully saturated rings. The fourth-order valence-electron chi connectivity index (χ4n) is 1.87. The summed E-state index contributed by atoms with van der Waals surface area (Å²) in [5, 5.41) is 15.4. The Morgan fingerprint density at radius 2 is 1.81 bits per heavy atom. The van der Waals surface area contributed by atoms with E-state index in [9.17, 15) is 8.78 Å². The van der Waals surface area contributed by atoms with Gasteiger partial charge in [-0.2, -0.15) is 0 Å². The van der Waals surface area contributed by atoms with Gasteiger partial charge in [0, 0.05) is 17.1 Å². The fourth-order valence-corrected chi connectivity index (χ4v) is 1.87. The highest BCUT2D eigenvalue weighted by molar-refractivity contribution is 6.27. The number of aromatic nitrogens is 1. The standard InChI is InChI=1S/C11H12F2N2.C2H2O4/c1-6-8(2-3-14)9-4-7(12)5-10(13)11(9)15-6;3-1(4)2(5)6/h4-5,15H,2-3,14H2,1H3;(H,3,4)(H,5,6). The molecule has 0 aliphatic heterocycles. The van der Waals surface area contributed by atoms with Crippen LogP contribution in [0.4, 0.5) is 8.78 Å². The zero-order chi connectivity index (χ0) is 16.2. The molecule has 0 bridgehead atoms. The lowest BCUT2D eigenvalue weighted by Crippen LogP contribution is -2.09. The molecule has 0 spiro atoms. The molecule has 21 heavy (non-hydrogen) atoms. The Hall–Kier alpha value is -2.48. The van der Waals surface area contributed by atoms with E-state index >= 15 is 0 Å². The zero-order valence-electron chi connectivity index (χ0n) is 11.1. The van der Waals surface area contributed by atoms with Gasteiger partial charge in [0.1, 0.15) is 11.6 Å². The third kappa shape index (κ3) is 3.99. The number of H-pyrrole nitrogens is 1. The lowest BCUT2D eigenvalue weighted by Gasteiger charge is -1.98. The number of carboxylic acid groups (broad SMARTS) is 2. The van der Waals surface area contributed by atoms with Crippen molar-refractivity contribution in [2.24, 2.45) is 5.73 Å². The Labute approximate surface area is 118 Å². The van der Waals surface area contributed by atoms with E-state index < -0.39 is 23.6 Å². The van der Waals surface area contributed by atoms with Gasteiger partial charge >= 0.3 is 11.9 Å². The number of fused-ring (bicyclic) bond motifs is 1. The van der Waals surface area contributed by atoms with Gasteiger partial charge in [-0.1, -0.05) is 0 Å². The van der Waals surface area contributed by atoms with Crippen LogP contribution in [0, 0.1) is 18.6 Å². The first kappa shape index (κ1) is 16.6. The zero-order valence-corrected chi connectivity index (χ0v) is 11.1. The van der Waals surface area contributed by atoms with E-state index in [-0.39, 0.29) is 0 Å². The topological polar surface area (TPSA) is 116 Å². The Morgan fingerprint density at radius 1 is 1.24 bits per heavy atom. The summed E-state index contributed by atoms with van der Waals surface area (Å²) in [4.78, 5) is 21.1. The third-order valence-electron chi connectivity index (χ3n) is 2.72. The molecule has 114 valence electrons. The first-order valence-electron chi connectivity index (χ1n) is 5.90. The van der Waals surface area contributed by atoms with Crippen molar-refractivity contribution in [3.05, 3.63) is 35.0 Å². The molecule has 0 aliphatic carbocycles. The van der Waals surface area contributed by atoms with Crippen molar-refractivity contribution >= 4 is 22.8 Å². The summed E-state index contributed by atoms with van der Waals surface area (Å²) in [5.74, 6) is -4.77. The molecular weight excluding hydrogens is 286 g/mol. The maximum atomic E-state index is 13.4. The van der Waals surface area contributed by atoms with Crippen molar-refractivity contribution in [1.82, 2.24) is 4.98 Å². The van der Waals surface area contributed by atoms with Crippen molar-refractivity contribution in [2.75, 3.05) is 6.54 Å². The Morgan fingerprint density at radius 3 is 2.29 bits per heavy atom. The lowest BCUT2D eigenvalue weighted by atomic mass is 10.1. The molecular formula is C13H14F2N2O4. The predicted molar refractivity (Wildman–Crippen MR) is 71.0 cm³/mol. The average Bonchev–Trinajstić information content (AvgIpc) is 2.68. The van der Waals surface area contributed by atoms with E-state index in [0.29, 0.717) is 23.9 Å². The Bertz CT molecular complexity index is 670. The summed E-state index contributed by atoms with van der Waals surface area (Å²) in [5.41, 5.74) is 7.55. The largest absolute Gasteiger partial charge is 0.473 e. The minimum Gasteiger partial charge on any atom is -0.473 e. The van der Waals surface area contributed by atoms with Gasteiger partial charge in [0.2, 0.25) is 0 Å². The summed E-state index contributed by atoms with van der Waals surface area (Å²) in [6.45, 7) is 2.30. The van der Waals surface area contributed by atoms with E-state index in [2.05, 4.69) is 4.98 Å². The highest BCUT2D eigenvalue weighted by Gasteiger charge is 2.12. The summed E-state index contributed by atoms with van der Waals surface area (Å²) < 4.78 is 26.4. The number of nitrogens with one attached hydrogen (secondary N) is 1. The summed E-state index contributed by atoms with van der Waals surface area (Å²) in [7, 11) is 0. The van der Waals surface area contributed by atoms with Crippen LogP contribution in [0.5, 0.6) is 0 Å². The normalized spacial score (nSPS) is 10.1. The summed E-state index contributed by atoms with van der Waals surface area (Å²) >= 11 is 0. The predicted octanol–water partition coefficient (Wildman–Crippen LogP) is 1.41.